The van der Waals surface area contributed by atoms with Gasteiger partial charge < -0.3 is 10.2 Å². The van der Waals surface area contributed by atoms with Crippen LogP contribution >= 0.6 is 11.6 Å². The fourth-order valence-electron chi connectivity index (χ4n) is 2.38. The topological polar surface area (TPSA) is 53.9 Å². The molecule has 1 saturated heterocycles. The molecule has 1 aliphatic carbocycles. The lowest BCUT2D eigenvalue weighted by Crippen LogP contribution is -2.23. The minimum absolute atomic E-state index is 0.264. The standard InChI is InChI=1S/C12H16ClN5/c13-10-15-11(14-9-5-1-2-6-9)17-12(16-10)18-7-3-4-8-18/h1-2,9H,3-8H2,(H,14,15,16,17). The molecule has 3 rings (SSSR count). The van der Waals surface area contributed by atoms with E-state index in [0.29, 0.717) is 17.9 Å². The van der Waals surface area contributed by atoms with E-state index in [2.05, 4.69) is 37.3 Å². The molecule has 0 radical (unpaired) electrons. The number of halogens is 1. The Morgan fingerprint density at radius 3 is 2.56 bits per heavy atom. The summed E-state index contributed by atoms with van der Waals surface area (Å²) in [4.78, 5) is 15.0. The number of nitrogens with one attached hydrogen (secondary N) is 1. The van der Waals surface area contributed by atoms with Gasteiger partial charge in [0.05, 0.1) is 0 Å². The van der Waals surface area contributed by atoms with Crippen LogP contribution in [0.3, 0.4) is 0 Å². The van der Waals surface area contributed by atoms with Crippen LogP contribution in [-0.4, -0.2) is 34.1 Å². The van der Waals surface area contributed by atoms with E-state index < -0.39 is 0 Å². The predicted molar refractivity (Wildman–Crippen MR) is 72.1 cm³/mol. The molecule has 1 fully saturated rings. The van der Waals surface area contributed by atoms with Gasteiger partial charge in [-0.15, -0.1) is 0 Å². The van der Waals surface area contributed by atoms with Crippen molar-refractivity contribution in [3.05, 3.63) is 17.4 Å². The maximum Gasteiger partial charge on any atom is 0.231 e. The van der Waals surface area contributed by atoms with Crippen LogP contribution in [-0.2, 0) is 0 Å². The fourth-order valence-corrected chi connectivity index (χ4v) is 2.54. The highest BCUT2D eigenvalue weighted by Crippen LogP contribution is 2.20. The zero-order valence-electron chi connectivity index (χ0n) is 10.1. The van der Waals surface area contributed by atoms with Crippen LogP contribution < -0.4 is 10.2 Å². The van der Waals surface area contributed by atoms with Gasteiger partial charge in [-0.1, -0.05) is 12.2 Å². The van der Waals surface area contributed by atoms with E-state index in [1.165, 1.54) is 12.8 Å². The van der Waals surface area contributed by atoms with Crippen molar-refractivity contribution < 1.29 is 0 Å². The van der Waals surface area contributed by atoms with Crippen LogP contribution in [0.2, 0.25) is 5.28 Å². The summed E-state index contributed by atoms with van der Waals surface area (Å²) in [6.45, 7) is 2.01. The molecule has 1 N–H and O–H groups in total. The van der Waals surface area contributed by atoms with Gasteiger partial charge in [-0.2, -0.15) is 15.0 Å². The highest BCUT2D eigenvalue weighted by Gasteiger charge is 2.18. The third-order valence-corrected chi connectivity index (χ3v) is 3.50. The number of nitrogens with zero attached hydrogens (tertiary/aromatic N) is 4. The Morgan fingerprint density at radius 2 is 1.83 bits per heavy atom. The first-order valence-corrected chi connectivity index (χ1v) is 6.77. The smallest absolute Gasteiger partial charge is 0.231 e. The Hall–Kier alpha value is -1.36. The van der Waals surface area contributed by atoms with Crippen molar-refractivity contribution in [2.75, 3.05) is 23.3 Å². The molecule has 0 atom stereocenters. The van der Waals surface area contributed by atoms with Gasteiger partial charge in [0.15, 0.2) is 0 Å². The minimum Gasteiger partial charge on any atom is -0.351 e. The normalized spacial score (nSPS) is 19.7. The first-order chi connectivity index (χ1) is 8.81. The van der Waals surface area contributed by atoms with Gasteiger partial charge in [-0.3, -0.25) is 0 Å². The lowest BCUT2D eigenvalue weighted by Gasteiger charge is -2.17. The van der Waals surface area contributed by atoms with Gasteiger partial charge in [0.2, 0.25) is 17.2 Å². The second-order valence-corrected chi connectivity index (χ2v) is 5.04. The predicted octanol–water partition coefficient (Wildman–Crippen LogP) is 2.26. The van der Waals surface area contributed by atoms with Gasteiger partial charge in [0.1, 0.15) is 0 Å². The molecule has 2 aliphatic rings. The van der Waals surface area contributed by atoms with E-state index in [9.17, 15) is 0 Å². The summed E-state index contributed by atoms with van der Waals surface area (Å²) in [7, 11) is 0. The van der Waals surface area contributed by atoms with Gasteiger partial charge in [0, 0.05) is 19.1 Å². The molecule has 1 aliphatic heterocycles. The Morgan fingerprint density at radius 1 is 1.11 bits per heavy atom. The number of anilines is 2. The zero-order valence-corrected chi connectivity index (χ0v) is 10.9. The molecule has 1 aromatic heterocycles. The van der Waals surface area contributed by atoms with Crippen LogP contribution in [0.4, 0.5) is 11.9 Å². The highest BCUT2D eigenvalue weighted by molar-refractivity contribution is 6.28. The molecule has 2 heterocycles. The largest absolute Gasteiger partial charge is 0.351 e. The van der Waals surface area contributed by atoms with E-state index in [1.807, 2.05) is 0 Å². The van der Waals surface area contributed by atoms with Crippen molar-refractivity contribution >= 4 is 23.5 Å². The van der Waals surface area contributed by atoms with Crippen molar-refractivity contribution in [1.29, 1.82) is 0 Å². The Balaban J connectivity index is 1.76. The van der Waals surface area contributed by atoms with Gasteiger partial charge >= 0.3 is 0 Å². The molecule has 0 amide bonds. The average molecular weight is 266 g/mol. The summed E-state index contributed by atoms with van der Waals surface area (Å²) in [6, 6.07) is 0.384. The van der Waals surface area contributed by atoms with Gasteiger partial charge in [-0.25, -0.2) is 0 Å². The van der Waals surface area contributed by atoms with Crippen molar-refractivity contribution in [2.24, 2.45) is 0 Å². The van der Waals surface area contributed by atoms with Crippen LogP contribution in [0.5, 0.6) is 0 Å². The summed E-state index contributed by atoms with van der Waals surface area (Å²) in [5.74, 6) is 1.28. The lowest BCUT2D eigenvalue weighted by atomic mass is 10.2. The number of rotatable bonds is 3. The quantitative estimate of drug-likeness (QED) is 0.850. The molecule has 96 valence electrons. The van der Waals surface area contributed by atoms with Crippen molar-refractivity contribution in [3.63, 3.8) is 0 Å². The Labute approximate surface area is 111 Å². The van der Waals surface area contributed by atoms with Gasteiger partial charge in [-0.05, 0) is 37.3 Å². The third-order valence-electron chi connectivity index (χ3n) is 3.33. The first-order valence-electron chi connectivity index (χ1n) is 6.39. The zero-order chi connectivity index (χ0) is 12.4. The number of hydrogen-bond donors (Lipinski definition) is 1. The number of aromatic nitrogens is 3. The molecule has 0 spiro atoms. The molecule has 18 heavy (non-hydrogen) atoms. The SMILES string of the molecule is Clc1nc(NC2CC=CC2)nc(N2CCCC2)n1. The molecule has 0 saturated carbocycles. The maximum atomic E-state index is 5.97. The van der Waals surface area contributed by atoms with Crippen LogP contribution in [0, 0.1) is 0 Å². The van der Waals surface area contributed by atoms with Gasteiger partial charge in [0.25, 0.3) is 0 Å². The molecule has 6 heteroatoms. The Bertz CT molecular complexity index is 448. The summed E-state index contributed by atoms with van der Waals surface area (Å²) < 4.78 is 0. The summed E-state index contributed by atoms with van der Waals surface area (Å²) in [5.41, 5.74) is 0. The summed E-state index contributed by atoms with van der Waals surface area (Å²) in [5, 5.41) is 3.57. The molecule has 0 unspecified atom stereocenters. The average Bonchev–Trinajstić information content (AvgIpc) is 3.00. The van der Waals surface area contributed by atoms with E-state index in [0.717, 1.165) is 25.9 Å². The van der Waals surface area contributed by atoms with Crippen LogP contribution in [0.25, 0.3) is 0 Å². The van der Waals surface area contributed by atoms with E-state index in [4.69, 9.17) is 11.6 Å². The van der Waals surface area contributed by atoms with E-state index in [1.54, 1.807) is 0 Å². The number of hydrogen-bond acceptors (Lipinski definition) is 5. The fraction of sp³-hybridized carbons (Fsp3) is 0.583. The maximum absolute atomic E-state index is 5.97. The molecule has 5 nitrogen and oxygen atoms in total. The third kappa shape index (κ3) is 2.56. The minimum atomic E-state index is 0.264. The van der Waals surface area contributed by atoms with Crippen LogP contribution in [0.15, 0.2) is 12.2 Å². The second-order valence-electron chi connectivity index (χ2n) is 4.71. The highest BCUT2D eigenvalue weighted by atomic mass is 35.5. The lowest BCUT2D eigenvalue weighted by molar-refractivity contribution is 0.766. The summed E-state index contributed by atoms with van der Waals surface area (Å²) >= 11 is 5.97. The first kappa shape index (κ1) is 11.7. The van der Waals surface area contributed by atoms with Crippen molar-refractivity contribution in [1.82, 2.24) is 15.0 Å². The molecule has 1 aromatic rings. The van der Waals surface area contributed by atoms with E-state index >= 15 is 0 Å². The summed E-state index contributed by atoms with van der Waals surface area (Å²) in [6.07, 6.45) is 8.76. The Kier molecular flexibility index (Phi) is 3.32. The second kappa shape index (κ2) is 5.10. The molecule has 0 aromatic carbocycles. The molecular weight excluding hydrogens is 250 g/mol. The molecular formula is C12H16ClN5. The van der Waals surface area contributed by atoms with Crippen molar-refractivity contribution in [3.8, 4) is 0 Å². The van der Waals surface area contributed by atoms with Crippen LogP contribution in [0.1, 0.15) is 25.7 Å². The van der Waals surface area contributed by atoms with Crippen molar-refractivity contribution in [2.45, 2.75) is 31.7 Å². The monoisotopic (exact) mass is 265 g/mol. The molecule has 0 bridgehead atoms. The van der Waals surface area contributed by atoms with E-state index in [-0.39, 0.29) is 5.28 Å².